The standard InChI is InChI=1S/C19H21N3O/c1-3-22-12-16(11-21-22)17-10-19(18(20)9-14(17)2)23-13-15-7-5-4-6-8-15/h4-12H,3,13,20H2,1-2H3. The van der Waals surface area contributed by atoms with E-state index in [9.17, 15) is 0 Å². The first-order valence-electron chi connectivity index (χ1n) is 7.77. The van der Waals surface area contributed by atoms with Crippen molar-refractivity contribution in [2.75, 3.05) is 5.73 Å². The van der Waals surface area contributed by atoms with Crippen molar-refractivity contribution in [2.24, 2.45) is 0 Å². The number of hydrogen-bond acceptors (Lipinski definition) is 3. The first-order valence-corrected chi connectivity index (χ1v) is 7.77. The smallest absolute Gasteiger partial charge is 0.143 e. The zero-order valence-corrected chi connectivity index (χ0v) is 13.5. The fraction of sp³-hybridized carbons (Fsp3) is 0.211. The molecule has 0 unspecified atom stereocenters. The third kappa shape index (κ3) is 3.37. The van der Waals surface area contributed by atoms with Crippen LogP contribution in [0.5, 0.6) is 5.75 Å². The summed E-state index contributed by atoms with van der Waals surface area (Å²) in [7, 11) is 0. The second kappa shape index (κ2) is 6.57. The van der Waals surface area contributed by atoms with Crippen molar-refractivity contribution in [3.63, 3.8) is 0 Å². The van der Waals surface area contributed by atoms with Gasteiger partial charge < -0.3 is 10.5 Å². The van der Waals surface area contributed by atoms with E-state index < -0.39 is 0 Å². The van der Waals surface area contributed by atoms with E-state index in [-0.39, 0.29) is 0 Å². The van der Waals surface area contributed by atoms with Gasteiger partial charge in [0.1, 0.15) is 12.4 Å². The molecule has 1 heterocycles. The second-order valence-corrected chi connectivity index (χ2v) is 5.56. The number of rotatable bonds is 5. The highest BCUT2D eigenvalue weighted by Gasteiger charge is 2.10. The SMILES string of the molecule is CCn1cc(-c2cc(OCc3ccccc3)c(N)cc2C)cn1. The lowest BCUT2D eigenvalue weighted by atomic mass is 10.0. The van der Waals surface area contributed by atoms with Crippen molar-refractivity contribution >= 4 is 5.69 Å². The summed E-state index contributed by atoms with van der Waals surface area (Å²) in [5, 5.41) is 4.34. The number of anilines is 1. The highest BCUT2D eigenvalue weighted by atomic mass is 16.5. The van der Waals surface area contributed by atoms with Crippen LogP contribution in [0.2, 0.25) is 0 Å². The van der Waals surface area contributed by atoms with E-state index in [0.29, 0.717) is 18.0 Å². The van der Waals surface area contributed by atoms with Gasteiger partial charge in [0.2, 0.25) is 0 Å². The third-order valence-corrected chi connectivity index (χ3v) is 3.86. The molecule has 0 spiro atoms. The Balaban J connectivity index is 1.87. The lowest BCUT2D eigenvalue weighted by Crippen LogP contribution is -2.00. The molecule has 0 amide bonds. The fourth-order valence-corrected chi connectivity index (χ4v) is 2.56. The molecule has 0 atom stereocenters. The van der Waals surface area contributed by atoms with E-state index in [1.807, 2.05) is 59.5 Å². The predicted molar refractivity (Wildman–Crippen MR) is 93.3 cm³/mol. The molecular weight excluding hydrogens is 286 g/mol. The summed E-state index contributed by atoms with van der Waals surface area (Å²) in [5.41, 5.74) is 11.2. The van der Waals surface area contributed by atoms with E-state index in [1.54, 1.807) is 0 Å². The van der Waals surface area contributed by atoms with Crippen LogP contribution >= 0.6 is 0 Å². The van der Waals surface area contributed by atoms with Crippen LogP contribution in [0.4, 0.5) is 5.69 Å². The summed E-state index contributed by atoms with van der Waals surface area (Å²) in [6.45, 7) is 5.48. The van der Waals surface area contributed by atoms with Crippen LogP contribution in [-0.4, -0.2) is 9.78 Å². The summed E-state index contributed by atoms with van der Waals surface area (Å²) in [5.74, 6) is 0.707. The lowest BCUT2D eigenvalue weighted by Gasteiger charge is -2.13. The highest BCUT2D eigenvalue weighted by molar-refractivity contribution is 5.72. The number of nitrogens with two attached hydrogens (primary N) is 1. The number of nitrogen functional groups attached to an aromatic ring is 1. The number of nitrogens with zero attached hydrogens (tertiary/aromatic N) is 2. The molecule has 0 aliphatic carbocycles. The van der Waals surface area contributed by atoms with E-state index in [0.717, 1.165) is 28.8 Å². The Morgan fingerprint density at radius 3 is 2.65 bits per heavy atom. The molecule has 0 saturated heterocycles. The monoisotopic (exact) mass is 307 g/mol. The maximum atomic E-state index is 6.12. The summed E-state index contributed by atoms with van der Waals surface area (Å²) in [6.07, 6.45) is 3.92. The minimum Gasteiger partial charge on any atom is -0.487 e. The molecule has 1 aromatic heterocycles. The molecule has 2 N–H and O–H groups in total. The Kier molecular flexibility index (Phi) is 4.33. The maximum absolute atomic E-state index is 6.12. The van der Waals surface area contributed by atoms with Crippen molar-refractivity contribution in [3.8, 4) is 16.9 Å². The molecule has 0 bridgehead atoms. The quantitative estimate of drug-likeness (QED) is 0.724. The van der Waals surface area contributed by atoms with Crippen molar-refractivity contribution in [1.82, 2.24) is 9.78 Å². The van der Waals surface area contributed by atoms with Gasteiger partial charge in [-0.05, 0) is 42.7 Å². The van der Waals surface area contributed by atoms with Gasteiger partial charge in [0.05, 0.1) is 11.9 Å². The molecule has 0 aliphatic heterocycles. The van der Waals surface area contributed by atoms with Crippen LogP contribution in [0.25, 0.3) is 11.1 Å². The predicted octanol–water partition coefficient (Wildman–Crippen LogP) is 4.04. The Morgan fingerprint density at radius 2 is 1.96 bits per heavy atom. The summed E-state index contributed by atoms with van der Waals surface area (Å²) in [4.78, 5) is 0. The zero-order valence-electron chi connectivity index (χ0n) is 13.5. The number of aromatic nitrogens is 2. The molecular formula is C19H21N3O. The van der Waals surface area contributed by atoms with Crippen molar-refractivity contribution in [3.05, 3.63) is 66.0 Å². The average Bonchev–Trinajstić information content (AvgIpc) is 3.04. The zero-order chi connectivity index (χ0) is 16.2. The maximum Gasteiger partial charge on any atom is 0.143 e. The molecule has 3 rings (SSSR count). The number of benzene rings is 2. The molecule has 0 saturated carbocycles. The second-order valence-electron chi connectivity index (χ2n) is 5.56. The molecule has 0 radical (unpaired) electrons. The van der Waals surface area contributed by atoms with Crippen molar-refractivity contribution in [2.45, 2.75) is 27.0 Å². The van der Waals surface area contributed by atoms with Crippen LogP contribution in [0, 0.1) is 6.92 Å². The van der Waals surface area contributed by atoms with E-state index in [2.05, 4.69) is 18.9 Å². The topological polar surface area (TPSA) is 53.1 Å². The van der Waals surface area contributed by atoms with E-state index in [4.69, 9.17) is 10.5 Å². The summed E-state index contributed by atoms with van der Waals surface area (Å²) < 4.78 is 7.83. The van der Waals surface area contributed by atoms with E-state index >= 15 is 0 Å². The van der Waals surface area contributed by atoms with Gasteiger partial charge in [-0.3, -0.25) is 4.68 Å². The molecule has 0 fully saturated rings. The number of hydrogen-bond donors (Lipinski definition) is 1. The van der Waals surface area contributed by atoms with Gasteiger partial charge in [-0.25, -0.2) is 0 Å². The Morgan fingerprint density at radius 1 is 1.17 bits per heavy atom. The van der Waals surface area contributed by atoms with Crippen LogP contribution in [-0.2, 0) is 13.2 Å². The molecule has 4 nitrogen and oxygen atoms in total. The Hall–Kier alpha value is -2.75. The van der Waals surface area contributed by atoms with Gasteiger partial charge in [0, 0.05) is 18.3 Å². The first kappa shape index (κ1) is 15.2. The van der Waals surface area contributed by atoms with Gasteiger partial charge in [-0.2, -0.15) is 5.10 Å². The van der Waals surface area contributed by atoms with Gasteiger partial charge in [0.25, 0.3) is 0 Å². The lowest BCUT2D eigenvalue weighted by molar-refractivity contribution is 0.308. The minimum atomic E-state index is 0.502. The van der Waals surface area contributed by atoms with Crippen molar-refractivity contribution < 1.29 is 4.74 Å². The molecule has 2 aromatic carbocycles. The molecule has 3 aromatic rings. The largest absolute Gasteiger partial charge is 0.487 e. The van der Waals surface area contributed by atoms with Crippen molar-refractivity contribution in [1.29, 1.82) is 0 Å². The van der Waals surface area contributed by atoms with E-state index in [1.165, 1.54) is 0 Å². The number of ether oxygens (including phenoxy) is 1. The van der Waals surface area contributed by atoms with Crippen LogP contribution in [0.3, 0.4) is 0 Å². The first-order chi connectivity index (χ1) is 11.2. The molecule has 4 heteroatoms. The van der Waals surface area contributed by atoms with Crippen LogP contribution < -0.4 is 10.5 Å². The third-order valence-electron chi connectivity index (χ3n) is 3.86. The molecule has 118 valence electrons. The Labute approximate surface area is 136 Å². The fourth-order valence-electron chi connectivity index (χ4n) is 2.56. The highest BCUT2D eigenvalue weighted by Crippen LogP contribution is 2.32. The normalized spacial score (nSPS) is 10.7. The Bertz CT molecular complexity index is 794. The molecule has 23 heavy (non-hydrogen) atoms. The van der Waals surface area contributed by atoms with Crippen LogP contribution in [0.15, 0.2) is 54.9 Å². The molecule has 0 aliphatic rings. The van der Waals surface area contributed by atoms with Gasteiger partial charge >= 0.3 is 0 Å². The summed E-state index contributed by atoms with van der Waals surface area (Å²) >= 11 is 0. The van der Waals surface area contributed by atoms with Gasteiger partial charge in [-0.1, -0.05) is 30.3 Å². The van der Waals surface area contributed by atoms with Gasteiger partial charge in [-0.15, -0.1) is 0 Å². The average molecular weight is 307 g/mol. The van der Waals surface area contributed by atoms with Gasteiger partial charge in [0.15, 0.2) is 0 Å². The summed E-state index contributed by atoms with van der Waals surface area (Å²) in [6, 6.07) is 14.0. The number of aryl methyl sites for hydroxylation is 2. The van der Waals surface area contributed by atoms with Crippen LogP contribution in [0.1, 0.15) is 18.1 Å². The minimum absolute atomic E-state index is 0.502.